The number of ether oxygens (including phenoxy) is 1. The van der Waals surface area contributed by atoms with Gasteiger partial charge < -0.3 is 4.74 Å². The van der Waals surface area contributed by atoms with E-state index in [2.05, 4.69) is 21.0 Å². The van der Waals surface area contributed by atoms with E-state index in [0.29, 0.717) is 12.4 Å². The van der Waals surface area contributed by atoms with E-state index in [-0.39, 0.29) is 12.0 Å². The van der Waals surface area contributed by atoms with Crippen LogP contribution >= 0.6 is 15.9 Å². The molecule has 0 spiro atoms. The Kier molecular flexibility index (Phi) is 3.71. The van der Waals surface area contributed by atoms with E-state index in [1.807, 2.05) is 6.92 Å². The quantitative estimate of drug-likeness (QED) is 0.693. The molecular formula is C8H13BrN2O2. The molecule has 74 valence electrons. The van der Waals surface area contributed by atoms with Crippen molar-refractivity contribution in [2.24, 2.45) is 5.10 Å². The molecule has 0 N–H and O–H groups in total. The molecule has 1 heterocycles. The second-order valence-corrected chi connectivity index (χ2v) is 3.62. The Balaban J connectivity index is 2.45. The van der Waals surface area contributed by atoms with Gasteiger partial charge in [0.05, 0.1) is 6.54 Å². The lowest BCUT2D eigenvalue weighted by atomic mass is 10.4. The zero-order valence-corrected chi connectivity index (χ0v) is 9.37. The largest absolute Gasteiger partial charge is 0.476 e. The summed E-state index contributed by atoms with van der Waals surface area (Å²) in [5.74, 6) is 0.618. The maximum Gasteiger partial charge on any atom is 0.239 e. The van der Waals surface area contributed by atoms with Gasteiger partial charge in [0.25, 0.3) is 0 Å². The number of amides is 1. The molecule has 13 heavy (non-hydrogen) atoms. The van der Waals surface area contributed by atoms with Gasteiger partial charge in [-0.2, -0.15) is 0 Å². The first-order valence-electron chi connectivity index (χ1n) is 4.21. The Morgan fingerprint density at radius 1 is 1.85 bits per heavy atom. The molecule has 0 unspecified atom stereocenters. The molecule has 0 aromatic carbocycles. The highest BCUT2D eigenvalue weighted by atomic mass is 79.9. The predicted molar refractivity (Wildman–Crippen MR) is 53.8 cm³/mol. The molecule has 0 fully saturated rings. The van der Waals surface area contributed by atoms with Gasteiger partial charge in [0.2, 0.25) is 11.8 Å². The number of hydrogen-bond acceptors (Lipinski definition) is 3. The summed E-state index contributed by atoms with van der Waals surface area (Å²) in [6.07, 6.45) is 0.822. The first-order chi connectivity index (χ1) is 6.13. The highest BCUT2D eigenvalue weighted by molar-refractivity contribution is 9.09. The van der Waals surface area contributed by atoms with E-state index in [9.17, 15) is 4.79 Å². The maximum absolute atomic E-state index is 10.9. The molecule has 1 aliphatic heterocycles. The van der Waals surface area contributed by atoms with Crippen LogP contribution in [-0.4, -0.2) is 34.8 Å². The van der Waals surface area contributed by atoms with Crippen LogP contribution in [0.15, 0.2) is 5.10 Å². The lowest BCUT2D eigenvalue weighted by Crippen LogP contribution is -2.19. The minimum absolute atomic E-state index is 0.0369. The van der Waals surface area contributed by atoms with Crippen molar-refractivity contribution < 1.29 is 9.53 Å². The Morgan fingerprint density at radius 3 is 3.00 bits per heavy atom. The molecule has 4 nitrogen and oxygen atoms in total. The summed E-state index contributed by atoms with van der Waals surface area (Å²) in [4.78, 5) is 10.9. The Morgan fingerprint density at radius 2 is 2.54 bits per heavy atom. The van der Waals surface area contributed by atoms with E-state index >= 15 is 0 Å². The monoisotopic (exact) mass is 248 g/mol. The van der Waals surface area contributed by atoms with Crippen LogP contribution in [0.2, 0.25) is 0 Å². The topological polar surface area (TPSA) is 41.9 Å². The van der Waals surface area contributed by atoms with E-state index in [0.717, 1.165) is 11.8 Å². The highest BCUT2D eigenvalue weighted by Crippen LogP contribution is 2.09. The fourth-order valence-corrected chi connectivity index (χ4v) is 1.14. The fourth-order valence-electron chi connectivity index (χ4n) is 1.01. The van der Waals surface area contributed by atoms with E-state index in [1.54, 1.807) is 0 Å². The molecule has 1 rings (SSSR count). The van der Waals surface area contributed by atoms with Crippen LogP contribution in [0.4, 0.5) is 0 Å². The van der Waals surface area contributed by atoms with Crippen LogP contribution in [-0.2, 0) is 9.53 Å². The molecule has 0 saturated heterocycles. The molecule has 1 amide bonds. The molecule has 1 atom stereocenters. The third-order valence-electron chi connectivity index (χ3n) is 1.69. The van der Waals surface area contributed by atoms with Gasteiger partial charge in [-0.3, -0.25) is 4.79 Å². The van der Waals surface area contributed by atoms with E-state index in [4.69, 9.17) is 4.74 Å². The van der Waals surface area contributed by atoms with Crippen LogP contribution in [0, 0.1) is 0 Å². The third-order valence-corrected chi connectivity index (χ3v) is 2.60. The van der Waals surface area contributed by atoms with Gasteiger partial charge >= 0.3 is 0 Å². The number of halogens is 1. The Labute approximate surface area is 86.1 Å². The highest BCUT2D eigenvalue weighted by Gasteiger charge is 2.19. The zero-order valence-electron chi connectivity index (χ0n) is 7.79. The van der Waals surface area contributed by atoms with E-state index < -0.39 is 0 Å². The van der Waals surface area contributed by atoms with Crippen molar-refractivity contribution in [1.29, 1.82) is 0 Å². The summed E-state index contributed by atoms with van der Waals surface area (Å²) >= 11 is 3.31. The van der Waals surface area contributed by atoms with Crippen molar-refractivity contribution >= 4 is 27.7 Å². The first-order valence-corrected chi connectivity index (χ1v) is 5.34. The normalized spacial score (nSPS) is 18.4. The van der Waals surface area contributed by atoms with E-state index in [1.165, 1.54) is 11.9 Å². The molecular weight excluding hydrogens is 236 g/mol. The molecule has 0 aliphatic carbocycles. The summed E-state index contributed by atoms with van der Waals surface area (Å²) in [6.45, 7) is 4.09. The smallest absolute Gasteiger partial charge is 0.239 e. The number of carbonyl (C=O) groups is 1. The van der Waals surface area contributed by atoms with Gasteiger partial charge in [-0.05, 0) is 6.92 Å². The molecule has 0 aromatic rings. The van der Waals surface area contributed by atoms with Gasteiger partial charge in [-0.15, -0.1) is 5.10 Å². The van der Waals surface area contributed by atoms with Crippen LogP contribution in [0.5, 0.6) is 0 Å². The second-order valence-electron chi connectivity index (χ2n) is 2.97. The lowest BCUT2D eigenvalue weighted by molar-refractivity contribution is -0.128. The van der Waals surface area contributed by atoms with Crippen molar-refractivity contribution in [1.82, 2.24) is 5.01 Å². The number of carbonyl (C=O) groups excluding carboxylic acids is 1. The van der Waals surface area contributed by atoms with Gasteiger partial charge in [-0.1, -0.05) is 15.9 Å². The molecule has 5 heteroatoms. The third kappa shape index (κ3) is 2.99. The van der Waals surface area contributed by atoms with Crippen molar-refractivity contribution in [2.75, 3.05) is 11.9 Å². The summed E-state index contributed by atoms with van der Waals surface area (Å²) in [5.41, 5.74) is 0. The van der Waals surface area contributed by atoms with Gasteiger partial charge in [0.15, 0.2) is 0 Å². The van der Waals surface area contributed by atoms with Crippen molar-refractivity contribution in [3.05, 3.63) is 0 Å². The summed E-state index contributed by atoms with van der Waals surface area (Å²) in [7, 11) is 0. The average molecular weight is 249 g/mol. The van der Waals surface area contributed by atoms with Crippen LogP contribution in [0.1, 0.15) is 20.3 Å². The van der Waals surface area contributed by atoms with Crippen molar-refractivity contribution in [3.63, 3.8) is 0 Å². The minimum Gasteiger partial charge on any atom is -0.476 e. The Hall–Kier alpha value is -0.580. The van der Waals surface area contributed by atoms with Crippen molar-refractivity contribution in [3.8, 4) is 0 Å². The average Bonchev–Trinajstić information content (AvgIpc) is 2.52. The van der Waals surface area contributed by atoms with Gasteiger partial charge in [-0.25, -0.2) is 5.01 Å². The number of nitrogens with zero attached hydrogens (tertiary/aromatic N) is 2. The molecule has 0 aromatic heterocycles. The molecule has 0 bridgehead atoms. The number of hydrogen-bond donors (Lipinski definition) is 0. The lowest BCUT2D eigenvalue weighted by Gasteiger charge is -2.09. The summed E-state index contributed by atoms with van der Waals surface area (Å²) in [5, 5.41) is 6.23. The number of alkyl halides is 1. The molecule has 1 aliphatic rings. The first kappa shape index (κ1) is 10.5. The molecule has 0 saturated carbocycles. The summed E-state index contributed by atoms with van der Waals surface area (Å²) < 4.78 is 5.45. The fraction of sp³-hybridized carbons (Fsp3) is 0.750. The number of hydrazone groups is 1. The maximum atomic E-state index is 10.9. The van der Waals surface area contributed by atoms with Gasteiger partial charge in [0, 0.05) is 18.7 Å². The van der Waals surface area contributed by atoms with Crippen LogP contribution in [0.25, 0.3) is 0 Å². The van der Waals surface area contributed by atoms with Crippen LogP contribution < -0.4 is 0 Å². The SMILES string of the molecule is CC(=O)N1CCC(O[C@@H](C)CBr)=N1. The van der Waals surface area contributed by atoms with Crippen molar-refractivity contribution in [2.45, 2.75) is 26.4 Å². The standard InChI is InChI=1S/C8H13BrN2O2/c1-6(5-9)13-8-3-4-11(10-8)7(2)12/h6H,3-5H2,1-2H3/t6-/m0/s1. The van der Waals surface area contributed by atoms with Gasteiger partial charge in [0.1, 0.15) is 6.10 Å². The van der Waals surface area contributed by atoms with Crippen LogP contribution in [0.3, 0.4) is 0 Å². The minimum atomic E-state index is -0.0369. The molecule has 0 radical (unpaired) electrons. The predicted octanol–water partition coefficient (Wildman–Crippen LogP) is 1.35. The Bertz CT molecular complexity index is 230. The summed E-state index contributed by atoms with van der Waals surface area (Å²) in [6, 6.07) is 0. The second kappa shape index (κ2) is 4.60. The number of rotatable bonds is 2. The zero-order chi connectivity index (χ0) is 9.84.